The zero-order valence-corrected chi connectivity index (χ0v) is 14.2. The fraction of sp³-hybridized carbons (Fsp3) is 0.0476. The van der Waals surface area contributed by atoms with Crippen LogP contribution >= 0.6 is 11.3 Å². The summed E-state index contributed by atoms with van der Waals surface area (Å²) in [4.78, 5) is 15.9. The van der Waals surface area contributed by atoms with Crippen molar-refractivity contribution in [3.8, 4) is 0 Å². The molecule has 1 heterocycles. The fourth-order valence-corrected chi connectivity index (χ4v) is 3.84. The van der Waals surface area contributed by atoms with Gasteiger partial charge in [-0.3, -0.25) is 4.79 Å². The quantitative estimate of drug-likeness (QED) is 0.534. The first-order valence-electron chi connectivity index (χ1n) is 7.96. The van der Waals surface area contributed by atoms with Crippen LogP contribution in [0.3, 0.4) is 0 Å². The van der Waals surface area contributed by atoms with E-state index in [9.17, 15) is 9.90 Å². The second-order valence-corrected chi connectivity index (χ2v) is 6.86. The first-order chi connectivity index (χ1) is 12.2. The lowest BCUT2D eigenvalue weighted by Crippen LogP contribution is -1.97. The maximum atomic E-state index is 11.3. The molecule has 0 unspecified atom stereocenters. The Morgan fingerprint density at radius 1 is 1.00 bits per heavy atom. The molecule has 3 nitrogen and oxygen atoms in total. The molecule has 1 aromatic heterocycles. The molecule has 0 spiro atoms. The Balaban J connectivity index is 1.81. The number of hydrogen-bond acceptors (Lipinski definition) is 3. The van der Waals surface area contributed by atoms with Gasteiger partial charge in [0, 0.05) is 0 Å². The van der Waals surface area contributed by atoms with Gasteiger partial charge in [-0.15, -0.1) is 11.3 Å². The normalized spacial score (nSPS) is 11.9. The third-order valence-electron chi connectivity index (χ3n) is 4.02. The van der Waals surface area contributed by atoms with E-state index in [0.717, 1.165) is 31.7 Å². The van der Waals surface area contributed by atoms with Crippen LogP contribution in [0.4, 0.5) is 0 Å². The van der Waals surface area contributed by atoms with Crippen molar-refractivity contribution < 1.29 is 9.90 Å². The molecule has 25 heavy (non-hydrogen) atoms. The Labute approximate surface area is 148 Å². The van der Waals surface area contributed by atoms with Crippen molar-refractivity contribution in [1.29, 1.82) is 0 Å². The third kappa shape index (κ3) is 3.30. The summed E-state index contributed by atoms with van der Waals surface area (Å²) < 4.78 is 1.06. The highest BCUT2D eigenvalue weighted by Crippen LogP contribution is 2.30. The third-order valence-corrected chi connectivity index (χ3v) is 5.14. The molecule has 0 amide bonds. The number of thiazole rings is 1. The number of nitrogens with zero attached hydrogens (tertiary/aromatic N) is 1. The largest absolute Gasteiger partial charge is 0.481 e. The molecule has 4 rings (SSSR count). The molecule has 0 saturated carbocycles. The Bertz CT molecular complexity index is 1080. The van der Waals surface area contributed by atoms with Crippen molar-refractivity contribution in [2.75, 3.05) is 0 Å². The van der Waals surface area contributed by atoms with Gasteiger partial charge in [-0.2, -0.15) is 0 Å². The van der Waals surface area contributed by atoms with Crippen LogP contribution in [0.5, 0.6) is 0 Å². The van der Waals surface area contributed by atoms with Gasteiger partial charge in [0.05, 0.1) is 16.6 Å². The summed E-state index contributed by atoms with van der Waals surface area (Å²) in [5.41, 5.74) is 2.61. The highest BCUT2D eigenvalue weighted by Gasteiger charge is 2.12. The van der Waals surface area contributed by atoms with Gasteiger partial charge in [0.15, 0.2) is 0 Å². The maximum absolute atomic E-state index is 11.3. The van der Waals surface area contributed by atoms with Gasteiger partial charge in [-0.25, -0.2) is 4.98 Å². The second-order valence-electron chi connectivity index (χ2n) is 5.83. The monoisotopic (exact) mass is 345 g/mol. The molecular weight excluding hydrogens is 330 g/mol. The van der Waals surface area contributed by atoms with Crippen LogP contribution in [0.2, 0.25) is 0 Å². The summed E-state index contributed by atoms with van der Waals surface area (Å²) in [6.45, 7) is 0. The van der Waals surface area contributed by atoms with E-state index in [1.165, 1.54) is 16.7 Å². The second kappa shape index (κ2) is 6.49. The molecule has 122 valence electrons. The number of aliphatic carboxylic acids is 1. The molecule has 0 radical (unpaired) electrons. The fourth-order valence-electron chi connectivity index (χ4n) is 2.86. The number of para-hydroxylation sites is 1. The molecule has 0 saturated heterocycles. The minimum Gasteiger partial charge on any atom is -0.481 e. The molecule has 4 aromatic rings. The number of benzene rings is 3. The molecule has 0 aliphatic rings. The first kappa shape index (κ1) is 15.5. The number of rotatable bonds is 4. The Morgan fingerprint density at radius 3 is 2.56 bits per heavy atom. The summed E-state index contributed by atoms with van der Waals surface area (Å²) >= 11 is 1.53. The molecule has 0 aliphatic carbocycles. The SMILES string of the molecule is O=C(O)C/C(=C\c1ccc2ccccc2c1)c1nc2ccccc2s1. The van der Waals surface area contributed by atoms with Crippen LogP contribution in [0, 0.1) is 0 Å². The number of aromatic nitrogens is 1. The molecule has 0 fully saturated rings. The average molecular weight is 345 g/mol. The van der Waals surface area contributed by atoms with E-state index < -0.39 is 5.97 Å². The van der Waals surface area contributed by atoms with Crippen LogP contribution in [0.25, 0.3) is 32.6 Å². The topological polar surface area (TPSA) is 50.2 Å². The van der Waals surface area contributed by atoms with Crippen LogP contribution in [-0.2, 0) is 4.79 Å². The Hall–Kier alpha value is -2.98. The zero-order valence-electron chi connectivity index (χ0n) is 13.3. The number of carboxylic acids is 1. The highest BCUT2D eigenvalue weighted by molar-refractivity contribution is 7.19. The minimum atomic E-state index is -0.855. The molecular formula is C21H15NO2S. The predicted molar refractivity (Wildman–Crippen MR) is 104 cm³/mol. The number of carboxylic acid groups (broad SMARTS) is 1. The summed E-state index contributed by atoms with van der Waals surface area (Å²) in [6, 6.07) is 22.1. The van der Waals surface area contributed by atoms with Crippen molar-refractivity contribution in [2.45, 2.75) is 6.42 Å². The van der Waals surface area contributed by atoms with Crippen molar-refractivity contribution in [1.82, 2.24) is 4.98 Å². The van der Waals surface area contributed by atoms with Crippen molar-refractivity contribution in [3.63, 3.8) is 0 Å². The van der Waals surface area contributed by atoms with E-state index >= 15 is 0 Å². The van der Waals surface area contributed by atoms with Crippen LogP contribution in [0.15, 0.2) is 66.7 Å². The van der Waals surface area contributed by atoms with Gasteiger partial charge >= 0.3 is 5.97 Å². The van der Waals surface area contributed by atoms with Crippen LogP contribution in [0.1, 0.15) is 17.0 Å². The average Bonchev–Trinajstić information content (AvgIpc) is 3.05. The van der Waals surface area contributed by atoms with Crippen molar-refractivity contribution in [3.05, 3.63) is 77.3 Å². The molecule has 0 aliphatic heterocycles. The van der Waals surface area contributed by atoms with E-state index in [-0.39, 0.29) is 6.42 Å². The minimum absolute atomic E-state index is 0.0490. The molecule has 0 bridgehead atoms. The standard InChI is InChI=1S/C21H15NO2S/c23-20(24)13-17(21-22-18-7-3-4-8-19(18)25-21)12-14-9-10-15-5-1-2-6-16(15)11-14/h1-12H,13H2,(H,23,24)/b17-12+. The van der Waals surface area contributed by atoms with Crippen molar-refractivity contribution >= 4 is 49.9 Å². The summed E-state index contributed by atoms with van der Waals surface area (Å²) in [5, 5.41) is 12.4. The van der Waals surface area contributed by atoms with E-state index in [1.54, 1.807) is 0 Å². The van der Waals surface area contributed by atoms with Crippen LogP contribution < -0.4 is 0 Å². The van der Waals surface area contributed by atoms with Gasteiger partial charge in [0.25, 0.3) is 0 Å². The van der Waals surface area contributed by atoms with Gasteiger partial charge in [0.1, 0.15) is 5.01 Å². The smallest absolute Gasteiger partial charge is 0.307 e. The van der Waals surface area contributed by atoms with Gasteiger partial charge in [0.2, 0.25) is 0 Å². The lowest BCUT2D eigenvalue weighted by atomic mass is 10.0. The number of hydrogen-bond donors (Lipinski definition) is 1. The van der Waals surface area contributed by atoms with Crippen molar-refractivity contribution in [2.24, 2.45) is 0 Å². The highest BCUT2D eigenvalue weighted by atomic mass is 32.1. The summed E-state index contributed by atoms with van der Waals surface area (Å²) in [5.74, 6) is -0.855. The Morgan fingerprint density at radius 2 is 1.76 bits per heavy atom. The molecule has 4 heteroatoms. The van der Waals surface area contributed by atoms with Crippen LogP contribution in [-0.4, -0.2) is 16.1 Å². The number of carbonyl (C=O) groups is 1. The van der Waals surface area contributed by atoms with E-state index in [4.69, 9.17) is 0 Å². The first-order valence-corrected chi connectivity index (χ1v) is 8.78. The van der Waals surface area contributed by atoms with Gasteiger partial charge < -0.3 is 5.11 Å². The Kier molecular flexibility index (Phi) is 4.04. The van der Waals surface area contributed by atoms with E-state index in [2.05, 4.69) is 29.2 Å². The summed E-state index contributed by atoms with van der Waals surface area (Å²) in [7, 11) is 0. The van der Waals surface area contributed by atoms with E-state index in [1.807, 2.05) is 48.5 Å². The van der Waals surface area contributed by atoms with Gasteiger partial charge in [-0.1, -0.05) is 48.5 Å². The molecule has 0 atom stereocenters. The maximum Gasteiger partial charge on any atom is 0.307 e. The molecule has 3 aromatic carbocycles. The van der Waals surface area contributed by atoms with Gasteiger partial charge in [-0.05, 0) is 46.2 Å². The lowest BCUT2D eigenvalue weighted by Gasteiger charge is -2.03. The van der Waals surface area contributed by atoms with E-state index in [0.29, 0.717) is 0 Å². The lowest BCUT2D eigenvalue weighted by molar-refractivity contribution is -0.135. The zero-order chi connectivity index (χ0) is 17.2. The summed E-state index contributed by atoms with van der Waals surface area (Å²) in [6.07, 6.45) is 1.88. The number of fused-ring (bicyclic) bond motifs is 2. The predicted octanol–water partition coefficient (Wildman–Crippen LogP) is 5.46. The molecule has 1 N–H and O–H groups in total.